The number of rotatable bonds is 8. The molecule has 1 atom stereocenters. The number of piperidine rings is 1. The molecule has 1 N–H and O–H groups in total. The molecule has 190 valence electrons. The SMILES string of the molecule is O=C(NC(c1ccc(Cl)cc1)c1ccccn1)C1CCN(CCOc2cccc(C(F)(F)F)c2)CC1. The highest BCUT2D eigenvalue weighted by Gasteiger charge is 2.31. The summed E-state index contributed by atoms with van der Waals surface area (Å²) >= 11 is 6.04. The van der Waals surface area contributed by atoms with Crippen LogP contribution in [0.2, 0.25) is 5.02 Å². The summed E-state index contributed by atoms with van der Waals surface area (Å²) in [5, 5.41) is 3.78. The van der Waals surface area contributed by atoms with Gasteiger partial charge >= 0.3 is 6.18 Å². The van der Waals surface area contributed by atoms with Gasteiger partial charge in [0, 0.05) is 23.7 Å². The van der Waals surface area contributed by atoms with Crippen molar-refractivity contribution in [1.82, 2.24) is 15.2 Å². The predicted octanol–water partition coefficient (Wildman–Crippen LogP) is 5.75. The molecule has 0 saturated carbocycles. The Hall–Kier alpha value is -3.10. The maximum Gasteiger partial charge on any atom is 0.416 e. The van der Waals surface area contributed by atoms with Crippen molar-refractivity contribution in [3.63, 3.8) is 0 Å². The van der Waals surface area contributed by atoms with Crippen LogP contribution < -0.4 is 10.1 Å². The Morgan fingerprint density at radius 2 is 1.83 bits per heavy atom. The van der Waals surface area contributed by atoms with Gasteiger partial charge in [0.1, 0.15) is 12.4 Å². The van der Waals surface area contributed by atoms with E-state index in [0.29, 0.717) is 37.5 Å². The van der Waals surface area contributed by atoms with Gasteiger partial charge in [0.05, 0.1) is 17.3 Å². The molecule has 3 aromatic rings. The average molecular weight is 518 g/mol. The van der Waals surface area contributed by atoms with Gasteiger partial charge in [0.25, 0.3) is 0 Å². The molecule has 1 saturated heterocycles. The lowest BCUT2D eigenvalue weighted by Gasteiger charge is -2.32. The van der Waals surface area contributed by atoms with Crippen molar-refractivity contribution in [2.24, 2.45) is 5.92 Å². The maximum absolute atomic E-state index is 13.1. The summed E-state index contributed by atoms with van der Waals surface area (Å²) in [7, 11) is 0. The number of nitrogens with one attached hydrogen (secondary N) is 1. The largest absolute Gasteiger partial charge is 0.492 e. The Morgan fingerprint density at radius 1 is 1.08 bits per heavy atom. The number of pyridine rings is 1. The first-order chi connectivity index (χ1) is 17.3. The van der Waals surface area contributed by atoms with Gasteiger partial charge in [-0.2, -0.15) is 13.2 Å². The summed E-state index contributed by atoms with van der Waals surface area (Å²) in [6, 6.07) is 17.5. The van der Waals surface area contributed by atoms with Gasteiger partial charge in [-0.05, 0) is 74.0 Å². The molecule has 1 fully saturated rings. The Morgan fingerprint density at radius 3 is 2.50 bits per heavy atom. The van der Waals surface area contributed by atoms with Gasteiger partial charge in [-0.25, -0.2) is 0 Å². The normalized spacial score (nSPS) is 15.9. The molecule has 36 heavy (non-hydrogen) atoms. The quantitative estimate of drug-likeness (QED) is 0.413. The molecule has 0 bridgehead atoms. The molecule has 1 aliphatic rings. The number of carbonyl (C=O) groups is 1. The first kappa shape index (κ1) is 26.0. The van der Waals surface area contributed by atoms with E-state index < -0.39 is 11.7 Å². The van der Waals surface area contributed by atoms with Gasteiger partial charge in [-0.1, -0.05) is 35.9 Å². The summed E-state index contributed by atoms with van der Waals surface area (Å²) in [6.45, 7) is 2.26. The first-order valence-electron chi connectivity index (χ1n) is 11.8. The molecular formula is C27H27ClF3N3O2. The van der Waals surface area contributed by atoms with Crippen LogP contribution in [0.5, 0.6) is 5.75 Å². The lowest BCUT2D eigenvalue weighted by Crippen LogP contribution is -2.42. The summed E-state index contributed by atoms with van der Waals surface area (Å²) in [5.74, 6) is 0.0338. The molecule has 1 aromatic heterocycles. The molecule has 4 rings (SSSR count). The number of alkyl halides is 3. The van der Waals surface area contributed by atoms with Crippen LogP contribution in [-0.2, 0) is 11.0 Å². The van der Waals surface area contributed by atoms with Crippen LogP contribution in [0.25, 0.3) is 0 Å². The monoisotopic (exact) mass is 517 g/mol. The highest BCUT2D eigenvalue weighted by Crippen LogP contribution is 2.31. The molecule has 2 heterocycles. The second kappa shape index (κ2) is 11.8. The highest BCUT2D eigenvalue weighted by molar-refractivity contribution is 6.30. The van der Waals surface area contributed by atoms with E-state index in [1.54, 1.807) is 18.3 Å². The van der Waals surface area contributed by atoms with Crippen molar-refractivity contribution in [1.29, 1.82) is 0 Å². The third-order valence-corrected chi connectivity index (χ3v) is 6.52. The smallest absolute Gasteiger partial charge is 0.416 e. The van der Waals surface area contributed by atoms with Crippen molar-refractivity contribution in [2.75, 3.05) is 26.2 Å². The summed E-state index contributed by atoms with van der Waals surface area (Å²) in [4.78, 5) is 19.7. The minimum Gasteiger partial charge on any atom is -0.492 e. The van der Waals surface area contributed by atoms with Crippen LogP contribution in [-0.4, -0.2) is 42.0 Å². The molecule has 1 unspecified atom stereocenters. The maximum atomic E-state index is 13.1. The molecule has 1 amide bonds. The zero-order chi connectivity index (χ0) is 25.5. The third-order valence-electron chi connectivity index (χ3n) is 6.27. The molecule has 9 heteroatoms. The standard InChI is InChI=1S/C27H27ClF3N3O2/c28-22-9-7-19(8-10-22)25(24-6-1-2-13-32-24)33-26(35)20-11-14-34(15-12-20)16-17-36-23-5-3-4-21(18-23)27(29,30)31/h1-10,13,18,20,25H,11-12,14-17H2,(H,33,35). The van der Waals surface area contributed by atoms with E-state index in [1.165, 1.54) is 12.1 Å². The van der Waals surface area contributed by atoms with Crippen molar-refractivity contribution in [3.8, 4) is 5.75 Å². The second-order valence-corrected chi connectivity index (χ2v) is 9.17. The number of halogens is 4. The van der Waals surface area contributed by atoms with Crippen LogP contribution in [0.1, 0.15) is 35.7 Å². The third kappa shape index (κ3) is 6.98. The van der Waals surface area contributed by atoms with Crippen LogP contribution in [0.4, 0.5) is 13.2 Å². The zero-order valence-corrected chi connectivity index (χ0v) is 20.3. The van der Waals surface area contributed by atoms with E-state index >= 15 is 0 Å². The predicted molar refractivity (Wildman–Crippen MR) is 132 cm³/mol. The Bertz CT molecular complexity index is 1140. The number of nitrogens with zero attached hydrogens (tertiary/aromatic N) is 2. The van der Waals surface area contributed by atoms with E-state index in [1.807, 2.05) is 30.3 Å². The minimum absolute atomic E-state index is 0.0273. The molecule has 1 aliphatic heterocycles. The van der Waals surface area contributed by atoms with Gasteiger partial charge in [-0.3, -0.25) is 14.7 Å². The number of hydrogen-bond acceptors (Lipinski definition) is 4. The fourth-order valence-corrected chi connectivity index (χ4v) is 4.39. The number of hydrogen-bond donors (Lipinski definition) is 1. The first-order valence-corrected chi connectivity index (χ1v) is 12.2. The zero-order valence-electron chi connectivity index (χ0n) is 19.5. The molecule has 0 radical (unpaired) electrons. The summed E-state index contributed by atoms with van der Waals surface area (Å²) in [5.41, 5.74) is 0.919. The van der Waals surface area contributed by atoms with E-state index in [-0.39, 0.29) is 30.2 Å². The van der Waals surface area contributed by atoms with E-state index in [9.17, 15) is 18.0 Å². The molecule has 0 spiro atoms. The molecule has 0 aliphatic carbocycles. The fourth-order valence-electron chi connectivity index (χ4n) is 4.26. The number of aromatic nitrogens is 1. The number of benzene rings is 2. The van der Waals surface area contributed by atoms with E-state index in [4.69, 9.17) is 16.3 Å². The van der Waals surface area contributed by atoms with E-state index in [2.05, 4.69) is 15.2 Å². The lowest BCUT2D eigenvalue weighted by atomic mass is 9.94. The highest BCUT2D eigenvalue weighted by atomic mass is 35.5. The minimum atomic E-state index is -4.40. The van der Waals surface area contributed by atoms with Crippen molar-refractivity contribution in [2.45, 2.75) is 25.1 Å². The molecule has 2 aromatic carbocycles. The van der Waals surface area contributed by atoms with Gasteiger partial charge in [0.15, 0.2) is 0 Å². The Balaban J connectivity index is 1.28. The molecular weight excluding hydrogens is 491 g/mol. The summed E-state index contributed by atoms with van der Waals surface area (Å²) in [6.07, 6.45) is -1.33. The second-order valence-electron chi connectivity index (χ2n) is 8.74. The average Bonchev–Trinajstić information content (AvgIpc) is 2.88. The fraction of sp³-hybridized carbons (Fsp3) is 0.333. The molecule has 5 nitrogen and oxygen atoms in total. The Labute approximate surface area is 213 Å². The van der Waals surface area contributed by atoms with Crippen molar-refractivity contribution >= 4 is 17.5 Å². The van der Waals surface area contributed by atoms with Crippen molar-refractivity contribution < 1.29 is 22.7 Å². The van der Waals surface area contributed by atoms with E-state index in [0.717, 1.165) is 23.4 Å². The van der Waals surface area contributed by atoms with Crippen LogP contribution >= 0.6 is 11.6 Å². The topological polar surface area (TPSA) is 54.5 Å². The summed E-state index contributed by atoms with van der Waals surface area (Å²) < 4.78 is 44.1. The number of carbonyl (C=O) groups excluding carboxylic acids is 1. The van der Waals surface area contributed by atoms with Crippen molar-refractivity contribution in [3.05, 3.63) is 94.8 Å². The van der Waals surface area contributed by atoms with Crippen LogP contribution in [0, 0.1) is 5.92 Å². The number of amides is 1. The van der Waals surface area contributed by atoms with Crippen LogP contribution in [0.3, 0.4) is 0 Å². The van der Waals surface area contributed by atoms with Gasteiger partial charge < -0.3 is 10.1 Å². The van der Waals surface area contributed by atoms with Crippen LogP contribution in [0.15, 0.2) is 72.9 Å². The van der Waals surface area contributed by atoms with Gasteiger partial charge in [0.2, 0.25) is 5.91 Å². The Kier molecular flexibility index (Phi) is 8.48. The number of ether oxygens (including phenoxy) is 1. The van der Waals surface area contributed by atoms with Gasteiger partial charge in [-0.15, -0.1) is 0 Å². The lowest BCUT2D eigenvalue weighted by molar-refractivity contribution is -0.137. The number of likely N-dealkylation sites (tertiary alicyclic amines) is 1.